The van der Waals surface area contributed by atoms with E-state index in [4.69, 9.17) is 0 Å². The quantitative estimate of drug-likeness (QED) is 0.676. The number of carbonyl (C=O) groups excluding carboxylic acids is 1. The van der Waals surface area contributed by atoms with Crippen molar-refractivity contribution >= 4 is 11.8 Å². The van der Waals surface area contributed by atoms with Gasteiger partial charge in [0.15, 0.2) is 5.82 Å². The highest BCUT2D eigenvalue weighted by Crippen LogP contribution is 2.13. The highest BCUT2D eigenvalue weighted by Gasteiger charge is 2.14. The van der Waals surface area contributed by atoms with Crippen molar-refractivity contribution in [3.05, 3.63) is 78.5 Å². The Labute approximate surface area is 139 Å². The van der Waals surface area contributed by atoms with Gasteiger partial charge in [-0.15, -0.1) is 5.10 Å². The third-order valence-corrected chi connectivity index (χ3v) is 3.54. The van der Waals surface area contributed by atoms with Crippen molar-refractivity contribution in [3.63, 3.8) is 0 Å². The summed E-state index contributed by atoms with van der Waals surface area (Å²) in [5.41, 5.74) is 1.74. The lowest BCUT2D eigenvalue weighted by atomic mass is 10.1. The number of benzene rings is 2. The van der Waals surface area contributed by atoms with Crippen LogP contribution in [0.25, 0.3) is 5.69 Å². The van der Waals surface area contributed by atoms with Crippen molar-refractivity contribution in [2.45, 2.75) is 6.04 Å². The van der Waals surface area contributed by atoms with E-state index < -0.39 is 12.1 Å². The number of carbonyl (C=O) groups is 1. The van der Waals surface area contributed by atoms with Gasteiger partial charge in [-0.3, -0.25) is 5.32 Å². The number of nitrogens with zero attached hydrogens (tertiary/aromatic N) is 2. The molecule has 6 heteroatoms. The molecule has 24 heavy (non-hydrogen) atoms. The first-order chi connectivity index (χ1) is 11.8. The fourth-order valence-electron chi connectivity index (χ4n) is 2.35. The van der Waals surface area contributed by atoms with Crippen LogP contribution >= 0.6 is 0 Å². The zero-order chi connectivity index (χ0) is 16.8. The number of aromatic nitrogens is 2. The topological polar surface area (TPSA) is 79.2 Å². The number of urea groups is 1. The number of anilines is 1. The second-order valence-corrected chi connectivity index (χ2v) is 5.23. The Morgan fingerprint density at radius 3 is 2.38 bits per heavy atom. The fraction of sp³-hybridized carbons (Fsp3) is 0.111. The average Bonchev–Trinajstić information content (AvgIpc) is 3.09. The normalized spacial score (nSPS) is 11.7. The summed E-state index contributed by atoms with van der Waals surface area (Å²) in [6, 6.07) is 19.7. The molecule has 3 rings (SSSR count). The highest BCUT2D eigenvalue weighted by atomic mass is 16.3. The third kappa shape index (κ3) is 3.80. The van der Waals surface area contributed by atoms with E-state index in [0.29, 0.717) is 5.82 Å². The molecule has 2 aromatic carbocycles. The number of para-hydroxylation sites is 1. The van der Waals surface area contributed by atoms with E-state index in [9.17, 15) is 9.90 Å². The van der Waals surface area contributed by atoms with E-state index in [2.05, 4.69) is 15.7 Å². The first-order valence-corrected chi connectivity index (χ1v) is 7.60. The van der Waals surface area contributed by atoms with Crippen molar-refractivity contribution in [1.82, 2.24) is 15.1 Å². The van der Waals surface area contributed by atoms with Gasteiger partial charge >= 0.3 is 6.03 Å². The van der Waals surface area contributed by atoms with Gasteiger partial charge in [0.05, 0.1) is 18.3 Å². The lowest BCUT2D eigenvalue weighted by Gasteiger charge is -2.16. The molecule has 122 valence electrons. The molecule has 1 atom stereocenters. The number of nitrogens with one attached hydrogen (secondary N) is 2. The Kier molecular flexibility index (Phi) is 4.88. The van der Waals surface area contributed by atoms with Gasteiger partial charge in [0.2, 0.25) is 0 Å². The number of aliphatic hydroxyl groups excluding tert-OH is 1. The van der Waals surface area contributed by atoms with Crippen LogP contribution in [0.1, 0.15) is 11.6 Å². The van der Waals surface area contributed by atoms with Crippen molar-refractivity contribution in [3.8, 4) is 5.69 Å². The first kappa shape index (κ1) is 15.8. The summed E-state index contributed by atoms with van der Waals surface area (Å²) in [7, 11) is 0. The Balaban J connectivity index is 1.64. The van der Waals surface area contributed by atoms with Crippen molar-refractivity contribution in [2.75, 3.05) is 11.9 Å². The van der Waals surface area contributed by atoms with Crippen LogP contribution in [-0.2, 0) is 0 Å². The molecule has 3 aromatic rings. The van der Waals surface area contributed by atoms with E-state index in [1.807, 2.05) is 60.7 Å². The molecule has 0 aliphatic heterocycles. The number of aliphatic hydroxyl groups is 1. The largest absolute Gasteiger partial charge is 0.394 e. The molecule has 0 saturated heterocycles. The highest BCUT2D eigenvalue weighted by molar-refractivity contribution is 5.88. The smallest absolute Gasteiger partial charge is 0.321 e. The summed E-state index contributed by atoms with van der Waals surface area (Å²) >= 11 is 0. The average molecular weight is 322 g/mol. The van der Waals surface area contributed by atoms with E-state index in [1.54, 1.807) is 16.9 Å². The Bertz CT molecular complexity index is 787. The maximum Gasteiger partial charge on any atom is 0.321 e. The number of rotatable bonds is 5. The second kappa shape index (κ2) is 7.43. The van der Waals surface area contributed by atoms with Gasteiger partial charge in [0.1, 0.15) is 0 Å². The fourth-order valence-corrected chi connectivity index (χ4v) is 2.35. The molecular formula is C18H18N4O2. The van der Waals surface area contributed by atoms with Gasteiger partial charge in [-0.2, -0.15) is 0 Å². The van der Waals surface area contributed by atoms with Gasteiger partial charge in [-0.25, -0.2) is 9.48 Å². The summed E-state index contributed by atoms with van der Waals surface area (Å²) in [4.78, 5) is 12.1. The van der Waals surface area contributed by atoms with Crippen LogP contribution in [0.5, 0.6) is 0 Å². The molecule has 0 radical (unpaired) electrons. The van der Waals surface area contributed by atoms with Crippen molar-refractivity contribution in [1.29, 1.82) is 0 Å². The number of amides is 2. The van der Waals surface area contributed by atoms with Crippen LogP contribution < -0.4 is 10.6 Å². The van der Waals surface area contributed by atoms with Crippen molar-refractivity contribution < 1.29 is 9.90 Å². The molecule has 3 N–H and O–H groups in total. The predicted octanol–water partition coefficient (Wildman–Crippen LogP) is 2.73. The summed E-state index contributed by atoms with van der Waals surface area (Å²) in [6.07, 6.45) is 1.77. The Hall–Kier alpha value is -3.12. The summed E-state index contributed by atoms with van der Waals surface area (Å²) in [5, 5.41) is 19.2. The number of hydrogen-bond acceptors (Lipinski definition) is 3. The molecule has 2 amide bonds. The Morgan fingerprint density at radius 2 is 1.71 bits per heavy atom. The molecular weight excluding hydrogens is 304 g/mol. The van der Waals surface area contributed by atoms with Gasteiger partial charge < -0.3 is 10.4 Å². The van der Waals surface area contributed by atoms with Crippen LogP contribution in [0.3, 0.4) is 0 Å². The van der Waals surface area contributed by atoms with Crippen LogP contribution in [0, 0.1) is 0 Å². The minimum atomic E-state index is -0.470. The molecule has 0 unspecified atom stereocenters. The SMILES string of the molecule is O=C(Nc1ccn(-c2ccccc2)n1)N[C@H](CO)c1ccccc1. The molecule has 0 bridgehead atoms. The minimum Gasteiger partial charge on any atom is -0.394 e. The van der Waals surface area contributed by atoms with Gasteiger partial charge in [0, 0.05) is 12.3 Å². The third-order valence-electron chi connectivity index (χ3n) is 3.54. The van der Waals surface area contributed by atoms with E-state index >= 15 is 0 Å². The lowest BCUT2D eigenvalue weighted by Crippen LogP contribution is -2.34. The Morgan fingerprint density at radius 1 is 1.04 bits per heavy atom. The lowest BCUT2D eigenvalue weighted by molar-refractivity contribution is 0.225. The number of hydrogen-bond donors (Lipinski definition) is 3. The minimum absolute atomic E-state index is 0.185. The summed E-state index contributed by atoms with van der Waals surface area (Å²) < 4.78 is 1.68. The van der Waals surface area contributed by atoms with Crippen LogP contribution in [-0.4, -0.2) is 27.5 Å². The maximum absolute atomic E-state index is 12.1. The molecule has 0 aliphatic rings. The molecule has 0 aliphatic carbocycles. The molecule has 0 spiro atoms. The monoisotopic (exact) mass is 322 g/mol. The van der Waals surface area contributed by atoms with Gasteiger partial charge in [0.25, 0.3) is 0 Å². The second-order valence-electron chi connectivity index (χ2n) is 5.23. The molecule has 6 nitrogen and oxygen atoms in total. The van der Waals surface area contributed by atoms with Crippen LogP contribution in [0.15, 0.2) is 72.9 Å². The maximum atomic E-state index is 12.1. The molecule has 1 aromatic heterocycles. The van der Waals surface area contributed by atoms with Gasteiger partial charge in [-0.1, -0.05) is 48.5 Å². The predicted molar refractivity (Wildman–Crippen MR) is 92.0 cm³/mol. The van der Waals surface area contributed by atoms with E-state index in [1.165, 1.54) is 0 Å². The van der Waals surface area contributed by atoms with E-state index in [0.717, 1.165) is 11.3 Å². The molecule has 0 saturated carbocycles. The standard InChI is InChI=1S/C18H18N4O2/c23-13-16(14-7-3-1-4-8-14)19-18(24)20-17-11-12-22(21-17)15-9-5-2-6-10-15/h1-12,16,23H,13H2,(H2,19,20,21,24)/t16-/m1/s1. The van der Waals surface area contributed by atoms with Gasteiger partial charge in [-0.05, 0) is 17.7 Å². The molecule has 0 fully saturated rings. The van der Waals surface area contributed by atoms with Crippen LogP contribution in [0.4, 0.5) is 10.6 Å². The first-order valence-electron chi connectivity index (χ1n) is 7.60. The summed E-state index contributed by atoms with van der Waals surface area (Å²) in [6.45, 7) is -0.185. The zero-order valence-electron chi connectivity index (χ0n) is 13.0. The molecule has 1 heterocycles. The van der Waals surface area contributed by atoms with Crippen LogP contribution in [0.2, 0.25) is 0 Å². The summed E-state index contributed by atoms with van der Waals surface area (Å²) in [5.74, 6) is 0.432. The zero-order valence-corrected chi connectivity index (χ0v) is 13.0. The van der Waals surface area contributed by atoms with E-state index in [-0.39, 0.29) is 6.61 Å². The van der Waals surface area contributed by atoms with Crippen molar-refractivity contribution in [2.24, 2.45) is 0 Å².